The molecule has 0 aliphatic carbocycles. The lowest BCUT2D eigenvalue weighted by Gasteiger charge is -2.07. The van der Waals surface area contributed by atoms with Crippen LogP contribution in [-0.2, 0) is 0 Å². The second-order valence-electron chi connectivity index (χ2n) is 3.72. The molecular weight excluding hydrogens is 216 g/mol. The summed E-state index contributed by atoms with van der Waals surface area (Å²) < 4.78 is 0. The molecule has 0 aliphatic rings. The van der Waals surface area contributed by atoms with Crippen LogP contribution in [-0.4, -0.2) is 16.3 Å². The number of anilines is 2. The van der Waals surface area contributed by atoms with E-state index in [9.17, 15) is 4.79 Å². The monoisotopic (exact) mass is 228 g/mol. The van der Waals surface area contributed by atoms with E-state index in [1.54, 1.807) is 12.3 Å². The fourth-order valence-electron chi connectivity index (χ4n) is 1.60. The first kappa shape index (κ1) is 11.1. The maximum atomic E-state index is 10.7. The van der Waals surface area contributed by atoms with Gasteiger partial charge in [-0.15, -0.1) is 0 Å². The van der Waals surface area contributed by atoms with Gasteiger partial charge in [-0.2, -0.15) is 0 Å². The quantitative estimate of drug-likeness (QED) is 0.598. The third-order valence-electron chi connectivity index (χ3n) is 2.47. The van der Waals surface area contributed by atoms with Crippen molar-refractivity contribution in [1.82, 2.24) is 9.97 Å². The molecule has 0 amide bonds. The molecule has 1 aromatic carbocycles. The molecule has 17 heavy (non-hydrogen) atoms. The highest BCUT2D eigenvalue weighted by molar-refractivity contribution is 5.80. The number of rotatable bonds is 2. The predicted molar refractivity (Wildman–Crippen MR) is 66.4 cm³/mol. The number of nitrogen functional groups attached to an aromatic ring is 2. The summed E-state index contributed by atoms with van der Waals surface area (Å²) in [6.07, 6.45) is 2.14. The lowest BCUT2D eigenvalue weighted by Crippen LogP contribution is -2.01. The average Bonchev–Trinajstić information content (AvgIpc) is 2.30. The van der Waals surface area contributed by atoms with Crippen LogP contribution in [0.3, 0.4) is 0 Å². The van der Waals surface area contributed by atoms with Gasteiger partial charge in [-0.25, -0.2) is 9.97 Å². The summed E-state index contributed by atoms with van der Waals surface area (Å²) >= 11 is 0. The minimum absolute atomic E-state index is 0.136. The van der Waals surface area contributed by atoms with Crippen LogP contribution in [0.2, 0.25) is 0 Å². The number of hydrogen-bond donors (Lipinski definition) is 2. The summed E-state index contributed by atoms with van der Waals surface area (Å²) in [4.78, 5) is 18.8. The average molecular weight is 228 g/mol. The van der Waals surface area contributed by atoms with Crippen molar-refractivity contribution in [2.24, 2.45) is 0 Å². The molecular formula is C12H12N4O. The fraction of sp³-hybridized carbons (Fsp3) is 0.0833. The zero-order chi connectivity index (χ0) is 12.4. The van der Waals surface area contributed by atoms with Crippen LogP contribution in [0.4, 0.5) is 11.5 Å². The second-order valence-corrected chi connectivity index (χ2v) is 3.72. The van der Waals surface area contributed by atoms with E-state index in [0.717, 1.165) is 11.1 Å². The van der Waals surface area contributed by atoms with E-state index in [2.05, 4.69) is 9.97 Å². The van der Waals surface area contributed by atoms with Crippen LogP contribution in [0.25, 0.3) is 11.3 Å². The van der Waals surface area contributed by atoms with Gasteiger partial charge in [0.2, 0.25) is 0 Å². The van der Waals surface area contributed by atoms with Crippen LogP contribution < -0.4 is 11.5 Å². The van der Waals surface area contributed by atoms with Gasteiger partial charge in [0, 0.05) is 11.3 Å². The van der Waals surface area contributed by atoms with Crippen LogP contribution in [0, 0.1) is 6.92 Å². The van der Waals surface area contributed by atoms with E-state index in [0.29, 0.717) is 17.7 Å². The molecule has 0 unspecified atom stereocenters. The number of aldehydes is 1. The summed E-state index contributed by atoms with van der Waals surface area (Å²) in [5.41, 5.74) is 14.5. The van der Waals surface area contributed by atoms with Crippen molar-refractivity contribution in [3.8, 4) is 11.3 Å². The van der Waals surface area contributed by atoms with Crippen molar-refractivity contribution in [3.05, 3.63) is 35.7 Å². The van der Waals surface area contributed by atoms with Crippen molar-refractivity contribution >= 4 is 17.8 Å². The first-order chi connectivity index (χ1) is 8.11. The van der Waals surface area contributed by atoms with Gasteiger partial charge in [0.15, 0.2) is 12.1 Å². The number of aromatic nitrogens is 2. The Kier molecular flexibility index (Phi) is 2.74. The number of carbonyl (C=O) groups excluding carboxylic acids is 1. The topological polar surface area (TPSA) is 94.9 Å². The minimum Gasteiger partial charge on any atom is -0.399 e. The number of carbonyl (C=O) groups is 1. The maximum absolute atomic E-state index is 10.7. The summed E-state index contributed by atoms with van der Waals surface area (Å²) in [6.45, 7) is 1.92. The van der Waals surface area contributed by atoms with E-state index >= 15 is 0 Å². The molecule has 0 saturated carbocycles. The van der Waals surface area contributed by atoms with Gasteiger partial charge in [-0.3, -0.25) is 4.79 Å². The van der Waals surface area contributed by atoms with Crippen molar-refractivity contribution in [1.29, 1.82) is 0 Å². The Morgan fingerprint density at radius 2 is 2.06 bits per heavy atom. The Hall–Kier alpha value is -2.43. The van der Waals surface area contributed by atoms with Gasteiger partial charge in [0.25, 0.3) is 0 Å². The van der Waals surface area contributed by atoms with Crippen molar-refractivity contribution in [2.75, 3.05) is 11.5 Å². The molecule has 1 aromatic heterocycles. The van der Waals surface area contributed by atoms with Crippen LogP contribution in [0.1, 0.15) is 16.1 Å². The van der Waals surface area contributed by atoms with Crippen molar-refractivity contribution < 1.29 is 4.79 Å². The summed E-state index contributed by atoms with van der Waals surface area (Å²) in [5.74, 6) is 0.136. The molecule has 86 valence electrons. The largest absolute Gasteiger partial charge is 0.399 e. The second kappa shape index (κ2) is 4.21. The molecule has 4 N–H and O–H groups in total. The van der Waals surface area contributed by atoms with Gasteiger partial charge in [-0.05, 0) is 24.6 Å². The van der Waals surface area contributed by atoms with E-state index in [1.165, 1.54) is 0 Å². The lowest BCUT2D eigenvalue weighted by molar-refractivity contribution is 0.111. The fourth-order valence-corrected chi connectivity index (χ4v) is 1.60. The van der Waals surface area contributed by atoms with Gasteiger partial charge in [-0.1, -0.05) is 6.07 Å². The first-order valence-electron chi connectivity index (χ1n) is 5.06. The molecule has 2 aromatic rings. The zero-order valence-electron chi connectivity index (χ0n) is 9.34. The zero-order valence-corrected chi connectivity index (χ0v) is 9.34. The Morgan fingerprint density at radius 1 is 1.29 bits per heavy atom. The molecule has 5 nitrogen and oxygen atoms in total. The smallest absolute Gasteiger partial charge is 0.172 e. The van der Waals surface area contributed by atoms with Crippen LogP contribution in [0.5, 0.6) is 0 Å². The molecule has 0 fully saturated rings. The third kappa shape index (κ3) is 2.08. The predicted octanol–water partition coefficient (Wildman–Crippen LogP) is 1.43. The highest BCUT2D eigenvalue weighted by atomic mass is 16.1. The Morgan fingerprint density at radius 3 is 2.71 bits per heavy atom. The minimum atomic E-state index is 0.136. The van der Waals surface area contributed by atoms with Gasteiger partial charge in [0.05, 0.1) is 11.9 Å². The van der Waals surface area contributed by atoms with E-state index in [4.69, 9.17) is 11.5 Å². The number of nitrogens with zero attached hydrogens (tertiary/aromatic N) is 2. The number of nitrogens with two attached hydrogens (primary N) is 2. The third-order valence-corrected chi connectivity index (χ3v) is 2.47. The highest BCUT2D eigenvalue weighted by Crippen LogP contribution is 2.23. The van der Waals surface area contributed by atoms with Crippen molar-refractivity contribution in [3.63, 3.8) is 0 Å². The SMILES string of the molecule is Cc1cc(N)ccc1-c1cnc(N)c(C=O)n1. The molecule has 1 heterocycles. The molecule has 0 aliphatic heterocycles. The Labute approximate surface area is 98.5 Å². The maximum Gasteiger partial charge on any atom is 0.172 e. The molecule has 0 saturated heterocycles. The molecule has 2 rings (SSSR count). The Bertz CT molecular complexity index is 581. The molecule has 0 radical (unpaired) electrons. The number of hydrogen-bond acceptors (Lipinski definition) is 5. The summed E-state index contributed by atoms with van der Waals surface area (Å²) in [6, 6.07) is 5.47. The van der Waals surface area contributed by atoms with Crippen LogP contribution in [0.15, 0.2) is 24.4 Å². The van der Waals surface area contributed by atoms with Crippen molar-refractivity contribution in [2.45, 2.75) is 6.92 Å². The molecule has 0 bridgehead atoms. The van der Waals surface area contributed by atoms with Gasteiger partial charge < -0.3 is 11.5 Å². The Balaban J connectivity index is 2.56. The molecule has 0 atom stereocenters. The van der Waals surface area contributed by atoms with E-state index in [-0.39, 0.29) is 11.5 Å². The van der Waals surface area contributed by atoms with E-state index in [1.807, 2.05) is 19.1 Å². The van der Waals surface area contributed by atoms with Gasteiger partial charge in [0.1, 0.15) is 5.69 Å². The highest BCUT2D eigenvalue weighted by Gasteiger charge is 2.07. The molecule has 5 heteroatoms. The summed E-state index contributed by atoms with van der Waals surface area (Å²) in [7, 11) is 0. The summed E-state index contributed by atoms with van der Waals surface area (Å²) in [5, 5.41) is 0. The molecule has 0 spiro atoms. The van der Waals surface area contributed by atoms with Gasteiger partial charge >= 0.3 is 0 Å². The standard InChI is InChI=1S/C12H12N4O/c1-7-4-8(13)2-3-9(7)10-5-15-12(14)11(6-17)16-10/h2-6H,13H2,1H3,(H2,14,15). The normalized spacial score (nSPS) is 10.2. The number of benzene rings is 1. The van der Waals surface area contributed by atoms with E-state index < -0.39 is 0 Å². The van der Waals surface area contributed by atoms with Crippen LogP contribution >= 0.6 is 0 Å². The number of aryl methyl sites for hydroxylation is 1. The first-order valence-corrected chi connectivity index (χ1v) is 5.06. The lowest BCUT2D eigenvalue weighted by atomic mass is 10.1.